The van der Waals surface area contributed by atoms with Crippen molar-refractivity contribution >= 4 is 0 Å². The van der Waals surface area contributed by atoms with Gasteiger partial charge in [-0.25, -0.2) is 0 Å². The molecule has 0 aromatic heterocycles. The van der Waals surface area contributed by atoms with E-state index >= 15 is 0 Å². The zero-order chi connectivity index (χ0) is 7.99. The molecule has 0 spiro atoms. The molecule has 0 saturated carbocycles. The molecule has 0 aromatic rings. The fourth-order valence-corrected chi connectivity index (χ4v) is 1.45. The number of hydrogen-bond acceptors (Lipinski definition) is 2. The van der Waals surface area contributed by atoms with Gasteiger partial charge in [0.05, 0.1) is 6.54 Å². The van der Waals surface area contributed by atoms with Gasteiger partial charge in [-0.3, -0.25) is 5.32 Å². The van der Waals surface area contributed by atoms with Crippen LogP contribution in [0.2, 0.25) is 0 Å². The zero-order valence-electron chi connectivity index (χ0n) is 7.12. The molecule has 0 bridgehead atoms. The van der Waals surface area contributed by atoms with Gasteiger partial charge in [0.15, 0.2) is 0 Å². The summed E-state index contributed by atoms with van der Waals surface area (Å²) in [6.07, 6.45) is 0. The van der Waals surface area contributed by atoms with Crippen molar-refractivity contribution in [3.63, 3.8) is 0 Å². The number of nitrogens with one attached hydrogen (secondary N) is 2. The van der Waals surface area contributed by atoms with E-state index in [1.165, 1.54) is 0 Å². The number of rotatable bonds is 0. The van der Waals surface area contributed by atoms with Crippen molar-refractivity contribution in [3.05, 3.63) is 5.21 Å². The average molecular weight is 144 g/mol. The molecular weight excluding hydrogens is 128 g/mol. The first kappa shape index (κ1) is 7.98. The van der Waals surface area contributed by atoms with Gasteiger partial charge in [0.2, 0.25) is 0 Å². The molecule has 1 aliphatic rings. The van der Waals surface area contributed by atoms with Crippen molar-refractivity contribution in [1.29, 1.82) is 0 Å². The Morgan fingerprint density at radius 3 is 1.90 bits per heavy atom. The first-order valence-corrected chi connectivity index (χ1v) is 3.66. The second kappa shape index (κ2) is 1.94. The third-order valence-electron chi connectivity index (χ3n) is 2.15. The lowest BCUT2D eigenvalue weighted by Gasteiger charge is -2.38. The Balaban J connectivity index is 2.77. The van der Waals surface area contributed by atoms with E-state index in [4.69, 9.17) is 0 Å². The van der Waals surface area contributed by atoms with Crippen LogP contribution < -0.4 is 10.4 Å². The molecule has 10 heavy (non-hydrogen) atoms. The van der Waals surface area contributed by atoms with Gasteiger partial charge in [0, 0.05) is 13.8 Å². The lowest BCUT2D eigenvalue weighted by molar-refractivity contribution is -0.933. The Kier molecular flexibility index (Phi) is 1.54. The van der Waals surface area contributed by atoms with Crippen LogP contribution >= 0.6 is 0 Å². The van der Waals surface area contributed by atoms with Crippen molar-refractivity contribution < 1.29 is 5.06 Å². The molecule has 3 heteroatoms. The second-order valence-electron chi connectivity index (χ2n) is 4.19. The molecule has 1 aliphatic heterocycles. The molecule has 1 unspecified atom stereocenters. The topological polar surface area (TPSA) is 39.5 Å². The molecule has 0 aliphatic carbocycles. The minimum Gasteiger partial charge on any atom is -0.633 e. The lowest BCUT2D eigenvalue weighted by atomic mass is 10.1. The Hall–Kier alpha value is -0.120. The smallest absolute Gasteiger partial charge is 0.146 e. The van der Waals surface area contributed by atoms with E-state index in [-0.39, 0.29) is 11.2 Å². The van der Waals surface area contributed by atoms with E-state index in [1.807, 2.05) is 27.7 Å². The third kappa shape index (κ3) is 1.05. The number of quaternary nitrogens is 1. The Morgan fingerprint density at radius 1 is 1.30 bits per heavy atom. The monoisotopic (exact) mass is 144 g/mol. The first-order chi connectivity index (χ1) is 4.36. The maximum absolute atomic E-state index is 11.5. The average Bonchev–Trinajstić information content (AvgIpc) is 1.95. The summed E-state index contributed by atoms with van der Waals surface area (Å²) >= 11 is 0. The molecular formula is C7H16N2O. The normalized spacial score (nSPS) is 36.3. The van der Waals surface area contributed by atoms with Crippen LogP contribution in [-0.2, 0) is 0 Å². The molecule has 1 saturated heterocycles. The minimum absolute atomic E-state index is 0.163. The van der Waals surface area contributed by atoms with E-state index in [0.717, 1.165) is 6.54 Å². The van der Waals surface area contributed by atoms with Gasteiger partial charge in [0.1, 0.15) is 11.2 Å². The predicted molar refractivity (Wildman–Crippen MR) is 40.5 cm³/mol. The van der Waals surface area contributed by atoms with Crippen molar-refractivity contribution in [1.82, 2.24) is 5.32 Å². The number of hydrogen-bond donors (Lipinski definition) is 2. The Labute approximate surface area is 62.0 Å². The van der Waals surface area contributed by atoms with E-state index in [0.29, 0.717) is 5.06 Å². The van der Waals surface area contributed by atoms with E-state index in [2.05, 4.69) is 5.32 Å². The zero-order valence-corrected chi connectivity index (χ0v) is 7.12. The first-order valence-electron chi connectivity index (χ1n) is 3.66. The summed E-state index contributed by atoms with van der Waals surface area (Å²) in [5.74, 6) is 0. The van der Waals surface area contributed by atoms with Crippen LogP contribution in [0.25, 0.3) is 0 Å². The van der Waals surface area contributed by atoms with Gasteiger partial charge in [-0.1, -0.05) is 0 Å². The third-order valence-corrected chi connectivity index (χ3v) is 2.15. The largest absolute Gasteiger partial charge is 0.633 e. The molecule has 1 heterocycles. The number of hydroxylamine groups is 2. The highest BCUT2D eigenvalue weighted by Crippen LogP contribution is 2.07. The molecule has 0 amide bonds. The highest BCUT2D eigenvalue weighted by molar-refractivity contribution is 4.83. The molecule has 1 atom stereocenters. The second-order valence-corrected chi connectivity index (χ2v) is 4.19. The van der Waals surface area contributed by atoms with Crippen molar-refractivity contribution in [2.45, 2.75) is 38.9 Å². The Bertz CT molecular complexity index is 127. The van der Waals surface area contributed by atoms with Crippen LogP contribution in [0.15, 0.2) is 0 Å². The van der Waals surface area contributed by atoms with E-state index in [1.54, 1.807) is 0 Å². The molecule has 2 N–H and O–H groups in total. The molecule has 1 fully saturated rings. The fraction of sp³-hybridized carbons (Fsp3) is 1.00. The van der Waals surface area contributed by atoms with Gasteiger partial charge < -0.3 is 10.3 Å². The quantitative estimate of drug-likeness (QED) is 0.449. The van der Waals surface area contributed by atoms with Gasteiger partial charge in [-0.15, -0.1) is 0 Å². The van der Waals surface area contributed by atoms with Crippen molar-refractivity contribution in [2.24, 2.45) is 0 Å². The summed E-state index contributed by atoms with van der Waals surface area (Å²) in [6, 6.07) is 0. The summed E-state index contributed by atoms with van der Waals surface area (Å²) in [4.78, 5) is 0. The summed E-state index contributed by atoms with van der Waals surface area (Å²) in [5, 5.41) is 15.0. The van der Waals surface area contributed by atoms with Crippen LogP contribution in [-0.4, -0.2) is 17.7 Å². The summed E-state index contributed by atoms with van der Waals surface area (Å²) < 4.78 is 0. The highest BCUT2D eigenvalue weighted by atomic mass is 16.5. The van der Waals surface area contributed by atoms with Crippen LogP contribution in [0.5, 0.6) is 0 Å². The standard InChI is InChI=1S/C7H16N2O/c1-6(2)5-8-7(3,4)9(6)10/h8-9H,5H2,1-4H3. The fourth-order valence-electron chi connectivity index (χ4n) is 1.45. The Morgan fingerprint density at radius 2 is 1.80 bits per heavy atom. The summed E-state index contributed by atoms with van der Waals surface area (Å²) in [6.45, 7) is 8.64. The van der Waals surface area contributed by atoms with Crippen LogP contribution in [0.3, 0.4) is 0 Å². The van der Waals surface area contributed by atoms with Gasteiger partial charge in [0.25, 0.3) is 0 Å². The highest BCUT2D eigenvalue weighted by Gasteiger charge is 2.43. The van der Waals surface area contributed by atoms with Crippen molar-refractivity contribution in [2.75, 3.05) is 6.54 Å². The van der Waals surface area contributed by atoms with E-state index < -0.39 is 0 Å². The molecule has 0 radical (unpaired) electrons. The predicted octanol–water partition coefficient (Wildman–Crippen LogP) is -0.513. The van der Waals surface area contributed by atoms with Gasteiger partial charge >= 0.3 is 0 Å². The van der Waals surface area contributed by atoms with Gasteiger partial charge in [-0.05, 0) is 13.8 Å². The van der Waals surface area contributed by atoms with Crippen LogP contribution in [0.1, 0.15) is 27.7 Å². The summed E-state index contributed by atoms with van der Waals surface area (Å²) in [5.41, 5.74) is -0.465. The summed E-state index contributed by atoms with van der Waals surface area (Å²) in [7, 11) is 0. The maximum atomic E-state index is 11.5. The van der Waals surface area contributed by atoms with Crippen LogP contribution in [0, 0.1) is 5.21 Å². The van der Waals surface area contributed by atoms with Crippen LogP contribution in [0.4, 0.5) is 0 Å². The molecule has 3 nitrogen and oxygen atoms in total. The lowest BCUT2D eigenvalue weighted by Crippen LogP contribution is -3.20. The van der Waals surface area contributed by atoms with Gasteiger partial charge in [-0.2, -0.15) is 0 Å². The molecule has 60 valence electrons. The minimum atomic E-state index is -0.302. The molecule has 1 rings (SSSR count). The van der Waals surface area contributed by atoms with E-state index in [9.17, 15) is 5.21 Å². The molecule has 0 aromatic carbocycles. The maximum Gasteiger partial charge on any atom is 0.146 e. The SMILES string of the molecule is CC1(C)CNC(C)(C)[NH+]1[O-]. The van der Waals surface area contributed by atoms with Crippen molar-refractivity contribution in [3.8, 4) is 0 Å².